The van der Waals surface area contributed by atoms with Gasteiger partial charge in [-0.2, -0.15) is 0 Å². The van der Waals surface area contributed by atoms with Crippen LogP contribution in [0.1, 0.15) is 53.4 Å². The van der Waals surface area contributed by atoms with E-state index in [1.807, 2.05) is 13.0 Å². The van der Waals surface area contributed by atoms with Crippen molar-refractivity contribution < 1.29 is 8.42 Å². The molecule has 3 heteroatoms. The normalized spacial score (nSPS) is 30.4. The van der Waals surface area contributed by atoms with Crippen LogP contribution in [0.25, 0.3) is 0 Å². The molecule has 18 heavy (non-hydrogen) atoms. The van der Waals surface area contributed by atoms with Crippen molar-refractivity contribution in [3.8, 4) is 0 Å². The summed E-state index contributed by atoms with van der Waals surface area (Å²) in [6.07, 6.45) is 6.09. The Morgan fingerprint density at radius 2 is 2.00 bits per heavy atom. The highest BCUT2D eigenvalue weighted by Crippen LogP contribution is 2.42. The van der Waals surface area contributed by atoms with Crippen LogP contribution >= 0.6 is 0 Å². The lowest BCUT2D eigenvalue weighted by molar-refractivity contribution is 0.363. The Balaban J connectivity index is 2.27. The van der Waals surface area contributed by atoms with Crippen LogP contribution in [0.2, 0.25) is 0 Å². The molecule has 0 N–H and O–H groups in total. The molecule has 0 spiro atoms. The van der Waals surface area contributed by atoms with Gasteiger partial charge in [0.2, 0.25) is 0 Å². The van der Waals surface area contributed by atoms with E-state index in [0.717, 1.165) is 18.4 Å². The van der Waals surface area contributed by atoms with Crippen LogP contribution in [0.15, 0.2) is 22.8 Å². The predicted octanol–water partition coefficient (Wildman–Crippen LogP) is 3.65. The largest absolute Gasteiger partial charge is 0.228 e. The maximum Gasteiger partial charge on any atom is 0.160 e. The monoisotopic (exact) mass is 268 g/mol. The molecule has 102 valence electrons. The van der Waals surface area contributed by atoms with Gasteiger partial charge >= 0.3 is 0 Å². The molecule has 0 fully saturated rings. The van der Waals surface area contributed by atoms with Crippen LogP contribution in [0.4, 0.5) is 0 Å². The highest BCUT2D eigenvalue weighted by Gasteiger charge is 2.34. The van der Waals surface area contributed by atoms with E-state index < -0.39 is 9.84 Å². The Kier molecular flexibility index (Phi) is 3.48. The summed E-state index contributed by atoms with van der Waals surface area (Å²) < 4.78 is 24.1. The van der Waals surface area contributed by atoms with Gasteiger partial charge < -0.3 is 0 Å². The third kappa shape index (κ3) is 2.42. The Labute approximate surface area is 111 Å². The summed E-state index contributed by atoms with van der Waals surface area (Å²) in [5.74, 6) is 0.235. The highest BCUT2D eigenvalue weighted by atomic mass is 32.2. The molecular weight excluding hydrogens is 244 g/mol. The molecular formula is C15H24O2S. The molecule has 0 radical (unpaired) electrons. The Morgan fingerprint density at radius 3 is 2.56 bits per heavy atom. The fourth-order valence-electron chi connectivity index (χ4n) is 3.14. The van der Waals surface area contributed by atoms with E-state index in [1.54, 1.807) is 0 Å². The van der Waals surface area contributed by atoms with Gasteiger partial charge in [-0.1, -0.05) is 36.6 Å². The topological polar surface area (TPSA) is 34.1 Å². The second kappa shape index (κ2) is 4.52. The van der Waals surface area contributed by atoms with E-state index in [4.69, 9.17) is 0 Å². The molecule has 2 aliphatic rings. The molecule has 0 amide bonds. The van der Waals surface area contributed by atoms with Crippen molar-refractivity contribution in [1.29, 1.82) is 0 Å². The zero-order chi connectivity index (χ0) is 13.6. The summed E-state index contributed by atoms with van der Waals surface area (Å²) in [4.78, 5) is 0. The molecule has 1 atom stereocenters. The van der Waals surface area contributed by atoms with E-state index in [0.29, 0.717) is 0 Å². The Bertz CT molecular complexity index is 507. The minimum absolute atomic E-state index is 0.235. The summed E-state index contributed by atoms with van der Waals surface area (Å²) in [7, 11) is -2.92. The second-order valence-electron chi connectivity index (χ2n) is 6.44. The van der Waals surface area contributed by atoms with Crippen molar-refractivity contribution >= 4 is 9.84 Å². The van der Waals surface area contributed by atoms with Gasteiger partial charge in [0.25, 0.3) is 0 Å². The van der Waals surface area contributed by atoms with Gasteiger partial charge in [-0.15, -0.1) is 0 Å². The maximum absolute atomic E-state index is 12.0. The molecule has 0 bridgehead atoms. The standard InChI is InChI=1S/C15H24O2S/c1-11-7-9-18(16,17)14(11)10-13-6-5-8-15(3,4)12(13)2/h7,14H,5-6,8-10H2,1-4H3. The smallest absolute Gasteiger partial charge is 0.160 e. The van der Waals surface area contributed by atoms with Gasteiger partial charge in [0.05, 0.1) is 11.0 Å². The molecule has 1 unspecified atom stereocenters. The lowest BCUT2D eigenvalue weighted by atomic mass is 9.72. The minimum atomic E-state index is -2.92. The molecule has 2 nitrogen and oxygen atoms in total. The van der Waals surface area contributed by atoms with Crippen molar-refractivity contribution in [3.05, 3.63) is 22.8 Å². The third-order valence-corrected chi connectivity index (χ3v) is 6.87. The average molecular weight is 268 g/mol. The van der Waals surface area contributed by atoms with Crippen LogP contribution in [0, 0.1) is 5.41 Å². The van der Waals surface area contributed by atoms with Crippen LogP contribution in [-0.4, -0.2) is 19.4 Å². The van der Waals surface area contributed by atoms with Crippen molar-refractivity contribution in [2.75, 3.05) is 5.75 Å². The maximum atomic E-state index is 12.0. The Hall–Kier alpha value is -0.570. The fourth-order valence-corrected chi connectivity index (χ4v) is 4.99. The fraction of sp³-hybridized carbons (Fsp3) is 0.733. The first-order chi connectivity index (χ1) is 8.24. The van der Waals surface area contributed by atoms with Crippen LogP contribution in [-0.2, 0) is 9.84 Å². The van der Waals surface area contributed by atoms with Gasteiger partial charge in [0.1, 0.15) is 0 Å². The first kappa shape index (κ1) is 13.9. The molecule has 1 aliphatic heterocycles. The molecule has 1 aliphatic carbocycles. The SMILES string of the molecule is CC1=CCS(=O)(=O)C1CC1=C(C)C(C)(C)CCC1. The average Bonchev–Trinajstić information content (AvgIpc) is 2.51. The van der Waals surface area contributed by atoms with E-state index in [-0.39, 0.29) is 16.4 Å². The first-order valence-electron chi connectivity index (χ1n) is 6.81. The number of hydrogen-bond acceptors (Lipinski definition) is 2. The number of hydrogen-bond donors (Lipinski definition) is 0. The zero-order valence-corrected chi connectivity index (χ0v) is 12.7. The number of allylic oxidation sites excluding steroid dienone is 2. The summed E-state index contributed by atoms with van der Waals surface area (Å²) in [6, 6.07) is 0. The summed E-state index contributed by atoms with van der Waals surface area (Å²) >= 11 is 0. The molecule has 2 rings (SSSR count). The molecule has 0 aromatic heterocycles. The predicted molar refractivity (Wildman–Crippen MR) is 76.3 cm³/mol. The zero-order valence-electron chi connectivity index (χ0n) is 11.9. The van der Waals surface area contributed by atoms with Gasteiger partial charge in [0, 0.05) is 0 Å². The Morgan fingerprint density at radius 1 is 1.33 bits per heavy atom. The van der Waals surface area contributed by atoms with Crippen molar-refractivity contribution in [3.63, 3.8) is 0 Å². The molecule has 0 aromatic rings. The van der Waals surface area contributed by atoms with Crippen LogP contribution in [0.3, 0.4) is 0 Å². The lowest BCUT2D eigenvalue weighted by Crippen LogP contribution is -2.24. The molecule has 0 saturated heterocycles. The summed E-state index contributed by atoms with van der Waals surface area (Å²) in [6.45, 7) is 8.69. The van der Waals surface area contributed by atoms with E-state index in [1.165, 1.54) is 24.0 Å². The summed E-state index contributed by atoms with van der Waals surface area (Å²) in [5, 5.41) is -0.253. The molecule has 0 aromatic carbocycles. The minimum Gasteiger partial charge on any atom is -0.228 e. The van der Waals surface area contributed by atoms with Crippen molar-refractivity contribution in [2.45, 2.75) is 58.6 Å². The van der Waals surface area contributed by atoms with E-state index >= 15 is 0 Å². The van der Waals surface area contributed by atoms with Gasteiger partial charge in [-0.3, -0.25) is 0 Å². The number of sulfone groups is 1. The summed E-state index contributed by atoms with van der Waals surface area (Å²) in [5.41, 5.74) is 4.09. The second-order valence-corrected chi connectivity index (χ2v) is 8.66. The molecule has 1 heterocycles. The van der Waals surface area contributed by atoms with Gasteiger partial charge in [-0.05, 0) is 44.9 Å². The van der Waals surface area contributed by atoms with E-state index in [9.17, 15) is 8.42 Å². The molecule has 0 saturated carbocycles. The van der Waals surface area contributed by atoms with Gasteiger partial charge in [-0.25, -0.2) is 8.42 Å². The quantitative estimate of drug-likeness (QED) is 0.716. The van der Waals surface area contributed by atoms with Gasteiger partial charge in [0.15, 0.2) is 9.84 Å². The lowest BCUT2D eigenvalue weighted by Gasteiger charge is -2.34. The first-order valence-corrected chi connectivity index (χ1v) is 8.53. The van der Waals surface area contributed by atoms with E-state index in [2.05, 4.69) is 20.8 Å². The highest BCUT2D eigenvalue weighted by molar-refractivity contribution is 7.92. The number of rotatable bonds is 2. The van der Waals surface area contributed by atoms with Crippen LogP contribution in [0.5, 0.6) is 0 Å². The van der Waals surface area contributed by atoms with Crippen LogP contribution < -0.4 is 0 Å². The van der Waals surface area contributed by atoms with Crippen molar-refractivity contribution in [1.82, 2.24) is 0 Å². The third-order valence-electron chi connectivity index (χ3n) is 4.84. The van der Waals surface area contributed by atoms with Crippen molar-refractivity contribution in [2.24, 2.45) is 5.41 Å².